The maximum atomic E-state index is 6.22. The van der Waals surface area contributed by atoms with Crippen molar-refractivity contribution in [2.75, 3.05) is 0 Å². The van der Waals surface area contributed by atoms with E-state index in [-0.39, 0.29) is 21.0 Å². The SMILES string of the molecule is Cc1ccc2cccc([O][Al][c]3ccc4cc(-c5ccccc5)ccc4c3)c2n1.O. The summed E-state index contributed by atoms with van der Waals surface area (Å²) in [4.78, 5) is 4.66. The van der Waals surface area contributed by atoms with Gasteiger partial charge in [-0.25, -0.2) is 4.98 Å². The monoisotopic (exact) mass is 406 g/mol. The standard InChI is InChI=1S/C16H11.C10H9NO.Al.H2O/c1-2-6-13(7-3-1)16-11-10-14-8-4-5-9-15(14)12-16;1-7-5-6-8-3-2-4-9(12)10(8)11-7;;/h1-3,5-12H;2-6,12H,1H3;;1H2/q;;+1;/p-1. The molecule has 30 heavy (non-hydrogen) atoms. The molecule has 4 aromatic carbocycles. The molecule has 0 aliphatic heterocycles. The number of benzene rings is 4. The van der Waals surface area contributed by atoms with Gasteiger partial charge in [-0.2, -0.15) is 0 Å². The Morgan fingerprint density at radius 1 is 0.667 bits per heavy atom. The number of aryl methyl sites for hydroxylation is 1. The van der Waals surface area contributed by atoms with E-state index >= 15 is 0 Å². The van der Waals surface area contributed by atoms with Crippen LogP contribution in [0.3, 0.4) is 0 Å². The zero-order valence-electron chi connectivity index (χ0n) is 16.7. The summed E-state index contributed by atoms with van der Waals surface area (Å²) in [6.45, 7) is 2.01. The first-order chi connectivity index (χ1) is 14.3. The highest BCUT2D eigenvalue weighted by molar-refractivity contribution is 6.48. The van der Waals surface area contributed by atoms with Crippen LogP contribution in [0.1, 0.15) is 5.69 Å². The van der Waals surface area contributed by atoms with Gasteiger partial charge in [0.2, 0.25) is 0 Å². The molecule has 3 nitrogen and oxygen atoms in total. The maximum Gasteiger partial charge on any atom is 0.570 e. The van der Waals surface area contributed by atoms with Gasteiger partial charge in [-0.15, -0.1) is 0 Å². The average molecular weight is 406 g/mol. The molecule has 0 aliphatic rings. The fraction of sp³-hybridized carbons (Fsp3) is 0.0385. The molecule has 5 aromatic rings. The molecule has 1 radical (unpaired) electrons. The Balaban J connectivity index is 0.00000218. The molecule has 2 N–H and O–H groups in total. The van der Waals surface area contributed by atoms with Crippen LogP contribution in [-0.4, -0.2) is 26.0 Å². The number of hydrogen-bond acceptors (Lipinski definition) is 2. The molecule has 0 saturated carbocycles. The Bertz CT molecular complexity index is 1320. The Labute approximate surface area is 182 Å². The molecule has 0 fully saturated rings. The van der Waals surface area contributed by atoms with E-state index in [2.05, 4.69) is 77.8 Å². The summed E-state index contributed by atoms with van der Waals surface area (Å²) in [5.41, 5.74) is 4.43. The predicted octanol–water partition coefficient (Wildman–Crippen LogP) is 4.86. The zero-order chi connectivity index (χ0) is 19.6. The summed E-state index contributed by atoms with van der Waals surface area (Å²) in [6, 6.07) is 34.0. The van der Waals surface area contributed by atoms with Crippen LogP contribution in [0.4, 0.5) is 0 Å². The van der Waals surface area contributed by atoms with E-state index < -0.39 is 0 Å². The second kappa shape index (κ2) is 8.69. The first-order valence-electron chi connectivity index (χ1n) is 9.72. The lowest BCUT2D eigenvalue weighted by Crippen LogP contribution is -2.20. The molecule has 0 atom stereocenters. The van der Waals surface area contributed by atoms with Gasteiger partial charge in [-0.05, 0) is 47.0 Å². The molecular weight excluding hydrogens is 385 g/mol. The second-order valence-electron chi connectivity index (χ2n) is 7.20. The van der Waals surface area contributed by atoms with Crippen LogP contribution in [0.15, 0.2) is 97.1 Å². The van der Waals surface area contributed by atoms with Gasteiger partial charge >= 0.3 is 15.6 Å². The highest BCUT2D eigenvalue weighted by atomic mass is 27.1. The number of aromatic nitrogens is 1. The molecule has 5 rings (SSSR count). The van der Waals surface area contributed by atoms with Crippen molar-refractivity contribution in [1.82, 2.24) is 4.98 Å². The Hall–Kier alpha value is -3.16. The van der Waals surface area contributed by atoms with E-state index in [1.54, 1.807) is 0 Å². The largest absolute Gasteiger partial charge is 0.643 e. The number of fused-ring (bicyclic) bond motifs is 2. The minimum atomic E-state index is -0.332. The Morgan fingerprint density at radius 3 is 2.30 bits per heavy atom. The quantitative estimate of drug-likeness (QED) is 0.400. The van der Waals surface area contributed by atoms with Crippen molar-refractivity contribution in [2.45, 2.75) is 6.92 Å². The summed E-state index contributed by atoms with van der Waals surface area (Å²) in [6.07, 6.45) is 0. The van der Waals surface area contributed by atoms with Crippen LogP contribution < -0.4 is 8.21 Å². The molecule has 1 aromatic heterocycles. The molecular formula is C26H21AlNO2. The first kappa shape index (κ1) is 20.1. The van der Waals surface area contributed by atoms with E-state index in [4.69, 9.17) is 3.79 Å². The average Bonchev–Trinajstić information content (AvgIpc) is 2.78. The molecule has 1 heterocycles. The van der Waals surface area contributed by atoms with E-state index in [1.807, 2.05) is 31.2 Å². The lowest BCUT2D eigenvalue weighted by molar-refractivity contribution is 0.610. The number of pyridine rings is 1. The summed E-state index contributed by atoms with van der Waals surface area (Å²) in [5, 5.41) is 3.60. The van der Waals surface area contributed by atoms with Crippen LogP contribution in [0.2, 0.25) is 0 Å². The Kier molecular flexibility index (Phi) is 5.83. The van der Waals surface area contributed by atoms with Gasteiger partial charge < -0.3 is 9.26 Å². The van der Waals surface area contributed by atoms with Crippen LogP contribution in [0.25, 0.3) is 32.8 Å². The minimum Gasteiger partial charge on any atom is -0.643 e. The van der Waals surface area contributed by atoms with Crippen molar-refractivity contribution in [3.05, 3.63) is 103 Å². The number of para-hydroxylation sites is 1. The minimum absolute atomic E-state index is 0. The maximum absolute atomic E-state index is 6.22. The molecule has 0 bridgehead atoms. The van der Waals surface area contributed by atoms with E-state index in [0.29, 0.717) is 0 Å². The van der Waals surface area contributed by atoms with Crippen molar-refractivity contribution >= 4 is 41.7 Å². The fourth-order valence-electron chi connectivity index (χ4n) is 3.59. The summed E-state index contributed by atoms with van der Waals surface area (Å²) >= 11 is -0.332. The molecule has 0 saturated heterocycles. The van der Waals surface area contributed by atoms with Crippen molar-refractivity contribution in [1.29, 1.82) is 0 Å². The second-order valence-corrected chi connectivity index (χ2v) is 8.34. The zero-order valence-corrected chi connectivity index (χ0v) is 17.8. The van der Waals surface area contributed by atoms with E-state index in [1.165, 1.54) is 26.3 Å². The van der Waals surface area contributed by atoms with Crippen molar-refractivity contribution in [3.8, 4) is 16.9 Å². The highest BCUT2D eigenvalue weighted by Gasteiger charge is 2.08. The van der Waals surface area contributed by atoms with Crippen molar-refractivity contribution < 1.29 is 9.26 Å². The predicted molar refractivity (Wildman–Crippen MR) is 125 cm³/mol. The van der Waals surface area contributed by atoms with Crippen molar-refractivity contribution in [2.24, 2.45) is 0 Å². The Morgan fingerprint density at radius 2 is 1.43 bits per heavy atom. The van der Waals surface area contributed by atoms with Gasteiger partial charge in [0.05, 0.1) is 0 Å². The van der Waals surface area contributed by atoms with E-state index in [9.17, 15) is 0 Å². The first-order valence-corrected chi connectivity index (χ1v) is 10.8. The third kappa shape index (κ3) is 4.08. The van der Waals surface area contributed by atoms with E-state index in [0.717, 1.165) is 22.3 Å². The number of nitrogens with zero attached hydrogens (tertiary/aromatic N) is 1. The smallest absolute Gasteiger partial charge is 0.570 e. The van der Waals surface area contributed by atoms with Gasteiger partial charge in [-0.1, -0.05) is 83.3 Å². The van der Waals surface area contributed by atoms with Crippen molar-refractivity contribution in [3.63, 3.8) is 0 Å². The lowest BCUT2D eigenvalue weighted by Gasteiger charge is -2.11. The number of rotatable bonds is 4. The molecule has 0 aliphatic carbocycles. The fourth-order valence-corrected chi connectivity index (χ4v) is 4.47. The normalized spacial score (nSPS) is 10.6. The lowest BCUT2D eigenvalue weighted by atomic mass is 10.0. The molecule has 0 amide bonds. The van der Waals surface area contributed by atoms with Gasteiger partial charge in [0.25, 0.3) is 0 Å². The van der Waals surface area contributed by atoms with Gasteiger partial charge in [-0.3, -0.25) is 0 Å². The summed E-state index contributed by atoms with van der Waals surface area (Å²) < 4.78 is 7.45. The molecule has 145 valence electrons. The van der Waals surface area contributed by atoms with Crippen LogP contribution in [-0.2, 0) is 0 Å². The molecule has 0 spiro atoms. The van der Waals surface area contributed by atoms with Gasteiger partial charge in [0.1, 0.15) is 11.3 Å². The van der Waals surface area contributed by atoms with Crippen LogP contribution in [0, 0.1) is 6.92 Å². The molecule has 4 heteroatoms. The molecule has 0 unspecified atom stereocenters. The van der Waals surface area contributed by atoms with Gasteiger partial charge in [0.15, 0.2) is 0 Å². The highest BCUT2D eigenvalue weighted by Crippen LogP contribution is 2.25. The summed E-state index contributed by atoms with van der Waals surface area (Å²) in [7, 11) is 0. The number of hydrogen-bond donors (Lipinski definition) is 0. The third-order valence-electron chi connectivity index (χ3n) is 5.12. The van der Waals surface area contributed by atoms with Crippen LogP contribution in [0.5, 0.6) is 5.75 Å². The summed E-state index contributed by atoms with van der Waals surface area (Å²) in [5.74, 6) is 0.862. The topological polar surface area (TPSA) is 53.6 Å². The van der Waals surface area contributed by atoms with Crippen LogP contribution >= 0.6 is 0 Å². The third-order valence-corrected chi connectivity index (χ3v) is 6.12. The van der Waals surface area contributed by atoms with Gasteiger partial charge in [0, 0.05) is 11.1 Å².